The van der Waals surface area contributed by atoms with Crippen LogP contribution in [0.15, 0.2) is 0 Å². The van der Waals surface area contributed by atoms with Crippen molar-refractivity contribution in [2.24, 2.45) is 0 Å². The Bertz CT molecular complexity index is 142. The number of rotatable bonds is 1. The van der Waals surface area contributed by atoms with Gasteiger partial charge in [-0.15, -0.1) is 0 Å². The summed E-state index contributed by atoms with van der Waals surface area (Å²) in [5.41, 5.74) is -4.81. The van der Waals surface area contributed by atoms with E-state index in [0.717, 1.165) is 0 Å². The molecule has 72 valence electrons. The SMILES string of the molecule is [CH]CC(O)(C(F)(F)F)C(F)(F)F. The van der Waals surface area contributed by atoms with Crippen molar-refractivity contribution in [3.63, 3.8) is 0 Å². The summed E-state index contributed by atoms with van der Waals surface area (Å²) in [6, 6.07) is 0. The van der Waals surface area contributed by atoms with Crippen LogP contribution in [0.25, 0.3) is 0 Å². The quantitative estimate of drug-likeness (QED) is 0.632. The first-order chi connectivity index (χ1) is 5.06. The third-order valence-electron chi connectivity index (χ3n) is 1.23. The van der Waals surface area contributed by atoms with E-state index < -0.39 is 24.4 Å². The van der Waals surface area contributed by atoms with Crippen molar-refractivity contribution in [2.45, 2.75) is 24.4 Å². The lowest BCUT2D eigenvalue weighted by Gasteiger charge is -2.30. The zero-order chi connectivity index (χ0) is 10.2. The van der Waals surface area contributed by atoms with Crippen LogP contribution in [0.2, 0.25) is 0 Å². The van der Waals surface area contributed by atoms with E-state index in [2.05, 4.69) is 6.92 Å². The molecule has 0 spiro atoms. The highest BCUT2D eigenvalue weighted by Gasteiger charge is 2.69. The van der Waals surface area contributed by atoms with Gasteiger partial charge in [-0.05, 0) is 13.3 Å². The Hall–Kier alpha value is -0.460. The molecule has 0 heterocycles. The minimum atomic E-state index is -5.81. The summed E-state index contributed by atoms with van der Waals surface area (Å²) in [6.07, 6.45) is -13.6. The Balaban J connectivity index is 4.95. The molecule has 12 heavy (non-hydrogen) atoms. The zero-order valence-electron chi connectivity index (χ0n) is 5.50. The van der Waals surface area contributed by atoms with Gasteiger partial charge in [-0.25, -0.2) is 0 Å². The smallest absolute Gasteiger partial charge is 0.374 e. The van der Waals surface area contributed by atoms with Gasteiger partial charge in [-0.3, -0.25) is 0 Å². The van der Waals surface area contributed by atoms with E-state index in [1.54, 1.807) is 0 Å². The van der Waals surface area contributed by atoms with Gasteiger partial charge < -0.3 is 5.11 Å². The third-order valence-corrected chi connectivity index (χ3v) is 1.23. The summed E-state index contributed by atoms with van der Waals surface area (Å²) in [6.45, 7) is 4.19. The standard InChI is InChI=1S/C5H4F6O/c1-2-3(12,4(6,7)8)5(9,10)11/h1,12H,2H2. The van der Waals surface area contributed by atoms with Crippen LogP contribution in [0.5, 0.6) is 0 Å². The van der Waals surface area contributed by atoms with Crippen molar-refractivity contribution < 1.29 is 31.4 Å². The molecule has 0 aliphatic rings. The van der Waals surface area contributed by atoms with Crippen molar-refractivity contribution in [3.8, 4) is 0 Å². The fraction of sp³-hybridized carbons (Fsp3) is 0.800. The molecule has 0 atom stereocenters. The topological polar surface area (TPSA) is 20.2 Å². The van der Waals surface area contributed by atoms with Crippen LogP contribution in [0.1, 0.15) is 6.42 Å². The molecule has 0 bridgehead atoms. The Morgan fingerprint density at radius 2 is 1.17 bits per heavy atom. The van der Waals surface area contributed by atoms with E-state index >= 15 is 0 Å². The van der Waals surface area contributed by atoms with Crippen molar-refractivity contribution in [1.29, 1.82) is 0 Å². The van der Waals surface area contributed by atoms with E-state index in [1.165, 1.54) is 0 Å². The molecule has 0 unspecified atom stereocenters. The van der Waals surface area contributed by atoms with Crippen LogP contribution in [0.4, 0.5) is 26.3 Å². The molecule has 0 aromatic carbocycles. The van der Waals surface area contributed by atoms with Crippen molar-refractivity contribution in [1.82, 2.24) is 0 Å². The maximum atomic E-state index is 11.6. The Labute approximate surface area is 64.0 Å². The number of aliphatic hydroxyl groups is 1. The zero-order valence-corrected chi connectivity index (χ0v) is 5.50. The lowest BCUT2D eigenvalue weighted by atomic mass is 10.00. The molecule has 0 aromatic rings. The second-order valence-electron chi connectivity index (χ2n) is 2.06. The summed E-state index contributed by atoms with van der Waals surface area (Å²) in [7, 11) is 0. The maximum absolute atomic E-state index is 11.6. The molecule has 0 aromatic heterocycles. The summed E-state index contributed by atoms with van der Waals surface area (Å²) in [4.78, 5) is 0. The second kappa shape index (κ2) is 2.79. The largest absolute Gasteiger partial charge is 0.426 e. The van der Waals surface area contributed by atoms with Crippen LogP contribution in [-0.4, -0.2) is 23.1 Å². The minimum Gasteiger partial charge on any atom is -0.374 e. The fourth-order valence-corrected chi connectivity index (χ4v) is 0.392. The Morgan fingerprint density at radius 3 is 1.17 bits per heavy atom. The lowest BCUT2D eigenvalue weighted by molar-refractivity contribution is -0.366. The summed E-state index contributed by atoms with van der Waals surface area (Å²) in [5.74, 6) is 0. The van der Waals surface area contributed by atoms with Gasteiger partial charge in [-0.1, -0.05) is 0 Å². The summed E-state index contributed by atoms with van der Waals surface area (Å²) >= 11 is 0. The van der Waals surface area contributed by atoms with Gasteiger partial charge in [0.05, 0.1) is 0 Å². The average Bonchev–Trinajstić information content (AvgIpc) is 1.81. The first-order valence-electron chi connectivity index (χ1n) is 2.62. The van der Waals surface area contributed by atoms with Crippen LogP contribution in [0.3, 0.4) is 0 Å². The number of hydrogen-bond donors (Lipinski definition) is 1. The summed E-state index contributed by atoms with van der Waals surface area (Å²) in [5, 5.41) is 8.12. The van der Waals surface area contributed by atoms with Gasteiger partial charge in [0.2, 0.25) is 0 Å². The monoisotopic (exact) mass is 194 g/mol. The molecule has 7 heteroatoms. The normalized spacial score (nSPS) is 15.0. The van der Waals surface area contributed by atoms with Gasteiger partial charge >= 0.3 is 12.4 Å². The highest BCUT2D eigenvalue weighted by atomic mass is 19.4. The predicted molar refractivity (Wildman–Crippen MR) is 26.0 cm³/mol. The molecule has 0 aliphatic carbocycles. The highest BCUT2D eigenvalue weighted by molar-refractivity contribution is 4.94. The van der Waals surface area contributed by atoms with Crippen LogP contribution in [0, 0.1) is 6.92 Å². The average molecular weight is 194 g/mol. The summed E-state index contributed by atoms with van der Waals surface area (Å²) < 4.78 is 69.3. The van der Waals surface area contributed by atoms with Gasteiger partial charge in [0.1, 0.15) is 0 Å². The van der Waals surface area contributed by atoms with E-state index in [4.69, 9.17) is 5.11 Å². The molecule has 2 radical (unpaired) electrons. The van der Waals surface area contributed by atoms with Gasteiger partial charge in [0.25, 0.3) is 5.60 Å². The minimum absolute atomic E-state index is 1.94. The number of halogens is 6. The van der Waals surface area contributed by atoms with Crippen LogP contribution >= 0.6 is 0 Å². The molecule has 0 fully saturated rings. The van der Waals surface area contributed by atoms with Gasteiger partial charge in [-0.2, -0.15) is 26.3 Å². The molecule has 1 N–H and O–H groups in total. The van der Waals surface area contributed by atoms with E-state index in [-0.39, 0.29) is 0 Å². The first kappa shape index (κ1) is 11.5. The Kier molecular flexibility index (Phi) is 2.68. The molecule has 0 rings (SSSR count). The third kappa shape index (κ3) is 1.65. The molecule has 0 saturated heterocycles. The van der Waals surface area contributed by atoms with Crippen LogP contribution in [-0.2, 0) is 0 Å². The van der Waals surface area contributed by atoms with Crippen LogP contribution < -0.4 is 0 Å². The molecule has 0 saturated carbocycles. The highest BCUT2D eigenvalue weighted by Crippen LogP contribution is 2.44. The molecule has 0 amide bonds. The number of hydrogen-bond acceptors (Lipinski definition) is 1. The van der Waals surface area contributed by atoms with Gasteiger partial charge in [0, 0.05) is 0 Å². The lowest BCUT2D eigenvalue weighted by Crippen LogP contribution is -2.56. The van der Waals surface area contributed by atoms with Gasteiger partial charge in [0.15, 0.2) is 0 Å². The van der Waals surface area contributed by atoms with Crippen molar-refractivity contribution in [3.05, 3.63) is 6.92 Å². The first-order valence-corrected chi connectivity index (χ1v) is 2.62. The second-order valence-corrected chi connectivity index (χ2v) is 2.06. The fourth-order valence-electron chi connectivity index (χ4n) is 0.392. The molecular formula is C5H4F6O. The number of alkyl halides is 6. The Morgan fingerprint density at radius 1 is 0.917 bits per heavy atom. The van der Waals surface area contributed by atoms with E-state index in [1.807, 2.05) is 0 Å². The molecular weight excluding hydrogens is 190 g/mol. The van der Waals surface area contributed by atoms with E-state index in [0.29, 0.717) is 0 Å². The molecule has 0 aliphatic heterocycles. The van der Waals surface area contributed by atoms with E-state index in [9.17, 15) is 26.3 Å². The predicted octanol–water partition coefficient (Wildman–Crippen LogP) is 1.94. The molecule has 1 nitrogen and oxygen atoms in total. The van der Waals surface area contributed by atoms with Crippen molar-refractivity contribution >= 4 is 0 Å². The maximum Gasteiger partial charge on any atom is 0.426 e. The van der Waals surface area contributed by atoms with Crippen molar-refractivity contribution in [2.75, 3.05) is 0 Å².